The minimum atomic E-state index is -0.268. The van der Waals surface area contributed by atoms with Crippen molar-refractivity contribution in [2.45, 2.75) is 84.0 Å². The average molecular weight is 849 g/mol. The summed E-state index contributed by atoms with van der Waals surface area (Å²) < 4.78 is 2.83. The average Bonchev–Trinajstić information content (AvgIpc) is 3.97. The van der Waals surface area contributed by atoms with Gasteiger partial charge in [-0.15, -0.1) is 0 Å². The van der Waals surface area contributed by atoms with E-state index in [-0.39, 0.29) is 23.1 Å². The Bertz CT molecular complexity index is 3620. The molecule has 0 spiro atoms. The van der Waals surface area contributed by atoms with Gasteiger partial charge in [-0.1, -0.05) is 188 Å². The lowest BCUT2D eigenvalue weighted by molar-refractivity contribution is 0.659. The molecule has 8 aromatic carbocycles. The molecule has 3 heterocycles. The lowest BCUT2D eigenvalue weighted by Crippen LogP contribution is -2.57. The zero-order valence-electron chi connectivity index (χ0n) is 39.1. The van der Waals surface area contributed by atoms with E-state index in [1.165, 1.54) is 146 Å². The summed E-state index contributed by atoms with van der Waals surface area (Å²) in [7, 11) is 0. The fraction of sp³-hybridized carbons (Fsp3) is 0.206. The van der Waals surface area contributed by atoms with Gasteiger partial charge in [0.2, 0.25) is 0 Å². The van der Waals surface area contributed by atoms with Crippen LogP contribution >= 0.6 is 0 Å². The second-order valence-electron chi connectivity index (χ2n) is 21.4. The monoisotopic (exact) mass is 848 g/mol. The molecule has 2 nitrogen and oxygen atoms in total. The molecule has 0 atom stereocenters. The van der Waals surface area contributed by atoms with Crippen molar-refractivity contribution in [2.75, 3.05) is 4.90 Å². The van der Waals surface area contributed by atoms with Crippen molar-refractivity contribution in [3.05, 3.63) is 197 Å². The highest BCUT2D eigenvalue weighted by Crippen LogP contribution is 2.61. The van der Waals surface area contributed by atoms with Crippen molar-refractivity contribution in [1.29, 1.82) is 0 Å². The number of unbranched alkanes of at least 4 members (excludes halogenated alkanes) is 1. The van der Waals surface area contributed by atoms with Crippen LogP contribution in [0.1, 0.15) is 100 Å². The first-order chi connectivity index (χ1) is 32.0. The van der Waals surface area contributed by atoms with Gasteiger partial charge in [-0.05, 0) is 120 Å². The number of hydrogen-bond acceptors (Lipinski definition) is 1. The van der Waals surface area contributed by atoms with Crippen molar-refractivity contribution in [3.63, 3.8) is 0 Å². The molecule has 1 aromatic heterocycles. The van der Waals surface area contributed by atoms with Crippen LogP contribution in [-0.2, 0) is 22.7 Å². The lowest BCUT2D eigenvalue weighted by Gasteiger charge is -2.44. The molecule has 3 aliphatic carbocycles. The number of nitrogens with zero attached hydrogens (tertiary/aromatic N) is 2. The molecular weight excluding hydrogens is 796 g/mol. The highest BCUT2D eigenvalue weighted by Gasteiger charge is 2.52. The molecule has 0 saturated carbocycles. The second kappa shape index (κ2) is 12.9. The summed E-state index contributed by atoms with van der Waals surface area (Å²) in [5.41, 5.74) is 30.8. The summed E-state index contributed by atoms with van der Waals surface area (Å²) in [5.74, 6) is 0. The summed E-state index contributed by atoms with van der Waals surface area (Å²) in [6.45, 7) is 17.0. The van der Waals surface area contributed by atoms with Crippen LogP contribution in [0.3, 0.4) is 0 Å². The van der Waals surface area contributed by atoms with Crippen molar-refractivity contribution < 1.29 is 0 Å². The molecule has 0 bridgehead atoms. The highest BCUT2D eigenvalue weighted by atomic mass is 15.2. The van der Waals surface area contributed by atoms with Crippen molar-refractivity contribution >= 4 is 45.7 Å². The molecule has 66 heavy (non-hydrogen) atoms. The third-order valence-corrected chi connectivity index (χ3v) is 16.9. The SMILES string of the molecule is CCCCc1ccc(N2c3cc4c(cc3B3c5c(cc6c(c52)C(C)(C)c2ccccc2-6)-c2cccc5c6c(n3c25)-c2ccccc2C6(C)C)-c2ccccc2C4(C)C)c(-c2ccccc2)c1. The number of benzene rings is 8. The van der Waals surface area contributed by atoms with Crippen molar-refractivity contribution in [3.8, 4) is 55.8 Å². The molecule has 0 unspecified atom stereocenters. The Morgan fingerprint density at radius 3 is 1.85 bits per heavy atom. The number of fused-ring (bicyclic) bond motifs is 16. The van der Waals surface area contributed by atoms with Crippen LogP contribution in [0.15, 0.2) is 158 Å². The quantitative estimate of drug-likeness (QED) is 0.157. The Kier molecular flexibility index (Phi) is 7.54. The third kappa shape index (κ3) is 4.64. The van der Waals surface area contributed by atoms with Gasteiger partial charge < -0.3 is 9.38 Å². The second-order valence-corrected chi connectivity index (χ2v) is 21.4. The predicted molar refractivity (Wildman–Crippen MR) is 279 cm³/mol. The van der Waals surface area contributed by atoms with Gasteiger partial charge in [0, 0.05) is 60.9 Å². The van der Waals surface area contributed by atoms with Crippen LogP contribution in [0, 0.1) is 0 Å². The van der Waals surface area contributed by atoms with Gasteiger partial charge in [-0.2, -0.15) is 0 Å². The van der Waals surface area contributed by atoms with Gasteiger partial charge in [0.1, 0.15) is 0 Å². The smallest absolute Gasteiger partial charge is 0.333 e. The molecule has 2 aliphatic heterocycles. The van der Waals surface area contributed by atoms with Crippen LogP contribution in [0.25, 0.3) is 66.7 Å². The topological polar surface area (TPSA) is 8.17 Å². The van der Waals surface area contributed by atoms with Gasteiger partial charge in [-0.25, -0.2) is 0 Å². The number of hydrogen-bond donors (Lipinski definition) is 0. The summed E-state index contributed by atoms with van der Waals surface area (Å²) in [4.78, 5) is 2.77. The zero-order chi connectivity index (χ0) is 44.6. The van der Waals surface area contributed by atoms with E-state index in [1.807, 2.05) is 0 Å². The van der Waals surface area contributed by atoms with Gasteiger partial charge in [0.25, 0.3) is 0 Å². The first kappa shape index (κ1) is 38.4. The minimum absolute atomic E-state index is 0.0701. The molecule has 5 aliphatic rings. The Balaban J connectivity index is 1.19. The maximum atomic E-state index is 2.83. The van der Waals surface area contributed by atoms with Crippen LogP contribution in [0.5, 0.6) is 0 Å². The molecule has 0 fully saturated rings. The van der Waals surface area contributed by atoms with Gasteiger partial charge >= 0.3 is 6.85 Å². The van der Waals surface area contributed by atoms with E-state index < -0.39 is 0 Å². The Morgan fingerprint density at radius 1 is 0.470 bits per heavy atom. The normalized spacial score (nSPS) is 16.3. The molecular formula is C63H53BN2. The standard InChI is InChI=1S/C63H53BN2/c1-8-9-20-37-31-32-53(44(33-37)38-21-11-10-12-22-38)65-54-36-51-45(39-23-13-16-28-48(39)61(51,2)3)35-52(54)64-57-47(34-46-40-24-14-17-29-49(40)62(4,5)56(46)60(57)65)41-26-19-27-43-55-59(66(64)58(41)43)42-25-15-18-30-50(42)63(55,6)7/h10-19,21-36H,8-9,20H2,1-7H3. The van der Waals surface area contributed by atoms with Crippen LogP contribution in [0.4, 0.5) is 17.1 Å². The van der Waals surface area contributed by atoms with Crippen LogP contribution < -0.4 is 15.8 Å². The largest absolute Gasteiger partial charge is 0.375 e. The van der Waals surface area contributed by atoms with Gasteiger partial charge in [0.05, 0.1) is 5.69 Å². The third-order valence-electron chi connectivity index (χ3n) is 16.9. The zero-order valence-corrected chi connectivity index (χ0v) is 39.1. The Labute approximate surface area is 389 Å². The summed E-state index contributed by atoms with van der Waals surface area (Å²) in [6.07, 6.45) is 3.41. The summed E-state index contributed by atoms with van der Waals surface area (Å²) >= 11 is 0. The van der Waals surface area contributed by atoms with E-state index >= 15 is 0 Å². The molecule has 14 rings (SSSR count). The fourth-order valence-corrected chi connectivity index (χ4v) is 13.9. The lowest BCUT2D eigenvalue weighted by atomic mass is 9.44. The molecule has 9 aromatic rings. The number of aromatic nitrogens is 1. The maximum absolute atomic E-state index is 2.83. The highest BCUT2D eigenvalue weighted by molar-refractivity contribution is 6.90. The van der Waals surface area contributed by atoms with Crippen molar-refractivity contribution in [1.82, 2.24) is 4.48 Å². The van der Waals surface area contributed by atoms with E-state index in [0.717, 1.165) is 6.42 Å². The van der Waals surface area contributed by atoms with E-state index in [0.29, 0.717) is 0 Å². The predicted octanol–water partition coefficient (Wildman–Crippen LogP) is 15.0. The van der Waals surface area contributed by atoms with Crippen LogP contribution in [0.2, 0.25) is 0 Å². The molecule has 318 valence electrons. The number of anilines is 3. The van der Waals surface area contributed by atoms with Crippen LogP contribution in [-0.4, -0.2) is 11.3 Å². The number of rotatable bonds is 5. The molecule has 0 N–H and O–H groups in total. The summed E-state index contributed by atoms with van der Waals surface area (Å²) in [6, 6.07) is 61.4. The molecule has 3 heteroatoms. The van der Waals surface area contributed by atoms with Crippen molar-refractivity contribution in [2.24, 2.45) is 0 Å². The minimum Gasteiger partial charge on any atom is -0.375 e. The first-order valence-corrected chi connectivity index (χ1v) is 24.4. The van der Waals surface area contributed by atoms with Gasteiger partial charge in [0.15, 0.2) is 0 Å². The fourth-order valence-electron chi connectivity index (χ4n) is 13.9. The number of para-hydroxylation sites is 1. The van der Waals surface area contributed by atoms with E-state index in [2.05, 4.69) is 216 Å². The van der Waals surface area contributed by atoms with E-state index in [9.17, 15) is 0 Å². The number of aryl methyl sites for hydroxylation is 1. The Morgan fingerprint density at radius 2 is 1.11 bits per heavy atom. The van der Waals surface area contributed by atoms with Gasteiger partial charge in [-0.3, -0.25) is 0 Å². The van der Waals surface area contributed by atoms with E-state index in [4.69, 9.17) is 0 Å². The summed E-state index contributed by atoms with van der Waals surface area (Å²) in [5, 5.41) is 1.38. The maximum Gasteiger partial charge on any atom is 0.333 e. The first-order valence-electron chi connectivity index (χ1n) is 24.4. The molecule has 0 amide bonds. The molecule has 0 saturated heterocycles. The Hall–Kier alpha value is -6.84. The molecule has 0 radical (unpaired) electrons. The van der Waals surface area contributed by atoms with E-state index in [1.54, 1.807) is 0 Å².